The van der Waals surface area contributed by atoms with Gasteiger partial charge < -0.3 is 14.9 Å². The van der Waals surface area contributed by atoms with E-state index in [1.54, 1.807) is 13.2 Å². The molecule has 0 aromatic heterocycles. The average Bonchev–Trinajstić information content (AvgIpc) is 2.67. The van der Waals surface area contributed by atoms with Crippen molar-refractivity contribution in [1.29, 1.82) is 0 Å². The van der Waals surface area contributed by atoms with Crippen molar-refractivity contribution in [3.63, 3.8) is 0 Å². The van der Waals surface area contributed by atoms with Gasteiger partial charge in [-0.15, -0.1) is 0 Å². The summed E-state index contributed by atoms with van der Waals surface area (Å²) >= 11 is 0. The van der Waals surface area contributed by atoms with Crippen LogP contribution in [0.5, 0.6) is 0 Å². The van der Waals surface area contributed by atoms with Crippen molar-refractivity contribution in [3.8, 4) is 0 Å². The summed E-state index contributed by atoms with van der Waals surface area (Å²) in [5, 5.41) is 18.3. The molecule has 4 heteroatoms. The van der Waals surface area contributed by atoms with Crippen molar-refractivity contribution >= 4 is 5.78 Å². The van der Waals surface area contributed by atoms with Gasteiger partial charge in [-0.25, -0.2) is 0 Å². The number of carbonyl (C=O) groups excluding carboxylic acids is 1. The third kappa shape index (κ3) is 32.9. The van der Waals surface area contributed by atoms with Gasteiger partial charge in [-0.05, 0) is 45.4 Å². The molecule has 0 spiro atoms. The van der Waals surface area contributed by atoms with Crippen LogP contribution in [-0.2, 0) is 9.53 Å². The number of Topliss-reactive ketones (excluding diaryl/α,β-unsaturated/α-hetero) is 1. The maximum atomic E-state index is 10.8. The lowest BCUT2D eigenvalue weighted by molar-refractivity contribution is -0.119. The normalized spacial score (nSPS) is 12.6. The van der Waals surface area contributed by atoms with Gasteiger partial charge in [0.2, 0.25) is 0 Å². The van der Waals surface area contributed by atoms with Crippen LogP contribution in [0.4, 0.5) is 0 Å². The highest BCUT2D eigenvalue weighted by molar-refractivity contribution is 5.78. The quantitative estimate of drug-likeness (QED) is 0.251. The first kappa shape index (κ1) is 32.0. The fraction of sp³-hybridized carbons (Fsp3) is 0.875. The molecule has 0 saturated heterocycles. The van der Waals surface area contributed by atoms with Gasteiger partial charge in [-0.3, -0.25) is 4.79 Å². The largest absolute Gasteiger partial charge is 0.393 e. The summed E-state index contributed by atoms with van der Waals surface area (Å²) in [4.78, 5) is 10.8. The Morgan fingerprint density at radius 3 is 1.96 bits per heavy atom. The van der Waals surface area contributed by atoms with Crippen LogP contribution < -0.4 is 0 Å². The molecule has 0 aliphatic rings. The Hall–Kier alpha value is -0.710. The Balaban J connectivity index is -0.000000336. The van der Waals surface area contributed by atoms with Gasteiger partial charge in [0.1, 0.15) is 5.78 Å². The highest BCUT2D eigenvalue weighted by Crippen LogP contribution is 2.05. The van der Waals surface area contributed by atoms with Crippen molar-refractivity contribution in [2.24, 2.45) is 0 Å². The zero-order valence-corrected chi connectivity index (χ0v) is 19.7. The number of methoxy groups -OCH3 is 1. The Bertz CT molecular complexity index is 316. The standard InChI is InChI=1S/C8H16O2.C8H18O.C8H16O/c1-3-5-8(9)6-4-7-10-2;2*1-3-5-7-8(9)6-4-2/h3,5,8-9H,4,6-7H2,1-2H3;8-9H,3-7H2,1-2H3;3-7H2,1-2H3/b5-3+;;. The highest BCUT2D eigenvalue weighted by Gasteiger charge is 1.99. The summed E-state index contributed by atoms with van der Waals surface area (Å²) < 4.78 is 4.84. The van der Waals surface area contributed by atoms with Crippen LogP contribution in [0.3, 0.4) is 0 Å². The van der Waals surface area contributed by atoms with Gasteiger partial charge >= 0.3 is 0 Å². The molecule has 0 amide bonds. The summed E-state index contributed by atoms with van der Waals surface area (Å²) in [7, 11) is 1.67. The Morgan fingerprint density at radius 1 is 0.857 bits per heavy atom. The first-order chi connectivity index (χ1) is 13.4. The van der Waals surface area contributed by atoms with Crippen molar-refractivity contribution < 1.29 is 19.7 Å². The molecule has 0 heterocycles. The predicted molar refractivity (Wildman–Crippen MR) is 122 cm³/mol. The monoisotopic (exact) mass is 402 g/mol. The molecule has 0 aliphatic heterocycles. The van der Waals surface area contributed by atoms with Crippen LogP contribution >= 0.6 is 0 Å². The number of unbranched alkanes of at least 4 members (excludes halogenated alkanes) is 2. The first-order valence-electron chi connectivity index (χ1n) is 11.4. The zero-order valence-electron chi connectivity index (χ0n) is 19.7. The topological polar surface area (TPSA) is 66.8 Å². The maximum absolute atomic E-state index is 10.8. The van der Waals surface area contributed by atoms with Gasteiger partial charge in [0, 0.05) is 26.6 Å². The van der Waals surface area contributed by atoms with E-state index in [1.165, 1.54) is 12.8 Å². The lowest BCUT2D eigenvalue weighted by Crippen LogP contribution is -2.04. The third-order valence-electron chi connectivity index (χ3n) is 4.11. The number of allylic oxidation sites excluding steroid dienone is 1. The van der Waals surface area contributed by atoms with E-state index >= 15 is 0 Å². The third-order valence-corrected chi connectivity index (χ3v) is 4.11. The van der Waals surface area contributed by atoms with Crippen LogP contribution in [0.2, 0.25) is 0 Å². The van der Waals surface area contributed by atoms with Crippen LogP contribution in [0.1, 0.15) is 112 Å². The van der Waals surface area contributed by atoms with E-state index in [-0.39, 0.29) is 12.2 Å². The Labute approximate surface area is 175 Å². The molecule has 0 aliphatic carbocycles. The van der Waals surface area contributed by atoms with Crippen LogP contribution in [0.25, 0.3) is 0 Å². The second-order valence-electron chi connectivity index (χ2n) is 7.21. The van der Waals surface area contributed by atoms with Crippen molar-refractivity contribution in [2.75, 3.05) is 13.7 Å². The van der Waals surface area contributed by atoms with E-state index in [0.717, 1.165) is 70.8 Å². The van der Waals surface area contributed by atoms with E-state index < -0.39 is 0 Å². The molecule has 0 aromatic carbocycles. The first-order valence-corrected chi connectivity index (χ1v) is 11.4. The second-order valence-corrected chi connectivity index (χ2v) is 7.21. The number of carbonyl (C=O) groups is 1. The molecule has 170 valence electrons. The molecule has 0 bridgehead atoms. The molecule has 28 heavy (non-hydrogen) atoms. The lowest BCUT2D eigenvalue weighted by atomic mass is 10.1. The van der Waals surface area contributed by atoms with E-state index in [9.17, 15) is 9.90 Å². The molecule has 0 aromatic rings. The summed E-state index contributed by atoms with van der Waals surface area (Å²) in [5.41, 5.74) is 0. The SMILES string of the molecule is C/C=C/C(O)CCCOC.CCCCC(=O)CCC.CCCCC(O)CCC. The van der Waals surface area contributed by atoms with Crippen molar-refractivity contribution in [2.45, 2.75) is 124 Å². The number of aliphatic hydroxyl groups excluding tert-OH is 2. The van der Waals surface area contributed by atoms with E-state index in [4.69, 9.17) is 9.84 Å². The van der Waals surface area contributed by atoms with Gasteiger partial charge in [-0.1, -0.05) is 65.5 Å². The summed E-state index contributed by atoms with van der Waals surface area (Å²) in [6.07, 6.45) is 15.2. The molecular weight excluding hydrogens is 352 g/mol. The fourth-order valence-electron chi connectivity index (χ4n) is 2.45. The lowest BCUT2D eigenvalue weighted by Gasteiger charge is -2.06. The maximum Gasteiger partial charge on any atom is 0.132 e. The average molecular weight is 403 g/mol. The van der Waals surface area contributed by atoms with Crippen LogP contribution in [0.15, 0.2) is 12.2 Å². The highest BCUT2D eigenvalue weighted by atomic mass is 16.5. The van der Waals surface area contributed by atoms with E-state index in [1.807, 2.05) is 19.9 Å². The smallest absolute Gasteiger partial charge is 0.132 e. The van der Waals surface area contributed by atoms with Gasteiger partial charge in [0.25, 0.3) is 0 Å². The number of hydrogen-bond acceptors (Lipinski definition) is 4. The molecule has 0 radical (unpaired) electrons. The number of ketones is 1. The number of aliphatic hydroxyl groups is 2. The van der Waals surface area contributed by atoms with Gasteiger partial charge in [0.05, 0.1) is 12.2 Å². The van der Waals surface area contributed by atoms with Crippen LogP contribution in [0, 0.1) is 0 Å². The Kier molecular flexibility index (Phi) is 32.5. The molecule has 4 nitrogen and oxygen atoms in total. The number of ether oxygens (including phenoxy) is 1. The van der Waals surface area contributed by atoms with Crippen molar-refractivity contribution in [1.82, 2.24) is 0 Å². The molecule has 0 rings (SSSR count). The molecule has 2 unspecified atom stereocenters. The fourth-order valence-corrected chi connectivity index (χ4v) is 2.45. The van der Waals surface area contributed by atoms with Crippen molar-refractivity contribution in [3.05, 3.63) is 12.2 Å². The summed E-state index contributed by atoms with van der Waals surface area (Å²) in [5.74, 6) is 0.430. The second kappa shape index (κ2) is 28.5. The molecule has 0 saturated carbocycles. The summed E-state index contributed by atoms with van der Waals surface area (Å²) in [6, 6.07) is 0. The molecule has 0 fully saturated rings. The molecule has 2 atom stereocenters. The minimum absolute atomic E-state index is 0.0325. The molecular formula is C24H50O4. The van der Waals surface area contributed by atoms with Gasteiger partial charge in [0.15, 0.2) is 0 Å². The Morgan fingerprint density at radius 2 is 1.50 bits per heavy atom. The number of hydrogen-bond donors (Lipinski definition) is 2. The predicted octanol–water partition coefficient (Wildman–Crippen LogP) is 6.23. The minimum Gasteiger partial charge on any atom is -0.393 e. The zero-order chi connectivity index (χ0) is 22.0. The summed E-state index contributed by atoms with van der Waals surface area (Å²) in [6.45, 7) is 11.0. The van der Waals surface area contributed by atoms with Crippen LogP contribution in [-0.4, -0.2) is 41.9 Å². The van der Waals surface area contributed by atoms with E-state index in [2.05, 4.69) is 20.8 Å². The minimum atomic E-state index is -0.292. The van der Waals surface area contributed by atoms with E-state index in [0.29, 0.717) is 5.78 Å². The number of rotatable bonds is 15. The molecule has 2 N–H and O–H groups in total. The van der Waals surface area contributed by atoms with Gasteiger partial charge in [-0.2, -0.15) is 0 Å².